The third-order valence-corrected chi connectivity index (χ3v) is 6.80. The lowest BCUT2D eigenvalue weighted by Gasteiger charge is -2.10. The van der Waals surface area contributed by atoms with Gasteiger partial charge >= 0.3 is 7.60 Å². The molecule has 0 atom stereocenters. The summed E-state index contributed by atoms with van der Waals surface area (Å²) in [6, 6.07) is 3.41. The second-order valence-corrected chi connectivity index (χ2v) is 10.3. The van der Waals surface area contributed by atoms with Crippen molar-refractivity contribution < 1.29 is 22.8 Å². The molecule has 1 aromatic heterocycles. The average molecular weight is 450 g/mol. The molecule has 2 rings (SSSR count). The summed E-state index contributed by atoms with van der Waals surface area (Å²) in [4.78, 5) is 34.4. The second-order valence-electron chi connectivity index (χ2n) is 6.34. The van der Waals surface area contributed by atoms with E-state index in [1.807, 2.05) is 19.0 Å². The Balaban J connectivity index is 2.33. The van der Waals surface area contributed by atoms with Crippen molar-refractivity contribution in [2.45, 2.75) is 4.90 Å². The number of aromatic amines is 1. The number of benzene rings is 1. The van der Waals surface area contributed by atoms with Crippen molar-refractivity contribution in [1.82, 2.24) is 15.2 Å². The minimum absolute atomic E-state index is 0.0963. The summed E-state index contributed by atoms with van der Waals surface area (Å²) < 4.78 is 36.6. The number of hydrogen-bond donors (Lipinski definition) is 4. The molecule has 0 saturated carbocycles. The van der Waals surface area contributed by atoms with Crippen molar-refractivity contribution in [3.05, 3.63) is 45.9 Å². The van der Waals surface area contributed by atoms with Crippen LogP contribution in [0.3, 0.4) is 0 Å². The van der Waals surface area contributed by atoms with Crippen LogP contribution < -0.4 is 16.2 Å². The molecule has 1 aromatic carbocycles. The molecule has 0 spiro atoms. The van der Waals surface area contributed by atoms with E-state index in [0.29, 0.717) is 6.54 Å². The van der Waals surface area contributed by atoms with Gasteiger partial charge in [-0.25, -0.2) is 8.42 Å². The molecule has 0 aliphatic carbocycles. The first-order chi connectivity index (χ1) is 12.9. The van der Waals surface area contributed by atoms with E-state index >= 15 is 0 Å². The number of sulfone groups is 1. The quantitative estimate of drug-likeness (QED) is 0.336. The maximum Gasteiger partial charge on any atom is 0.361 e. The molecule has 0 radical (unpaired) electrons. The Bertz CT molecular complexity index is 1110. The summed E-state index contributed by atoms with van der Waals surface area (Å²) in [6.07, 6.45) is 2.98. The van der Waals surface area contributed by atoms with E-state index < -0.39 is 28.3 Å². The fourth-order valence-corrected chi connectivity index (χ4v) is 4.71. The molecule has 0 amide bonds. The van der Waals surface area contributed by atoms with Gasteiger partial charge in [-0.3, -0.25) is 9.36 Å². The Morgan fingerprint density at radius 3 is 2.57 bits per heavy atom. The molecule has 0 saturated heterocycles. The summed E-state index contributed by atoms with van der Waals surface area (Å²) >= 11 is 6.07. The van der Waals surface area contributed by atoms with Crippen LogP contribution in [-0.2, 0) is 14.4 Å². The zero-order valence-corrected chi connectivity index (χ0v) is 17.7. The number of aromatic nitrogens is 1. The molecule has 12 heteroatoms. The van der Waals surface area contributed by atoms with E-state index in [1.165, 1.54) is 18.2 Å². The van der Waals surface area contributed by atoms with Crippen molar-refractivity contribution in [3.63, 3.8) is 0 Å². The monoisotopic (exact) mass is 449 g/mol. The predicted molar refractivity (Wildman–Crippen MR) is 109 cm³/mol. The minimum Gasteiger partial charge on any atom is -0.390 e. The number of pyridine rings is 1. The van der Waals surface area contributed by atoms with Gasteiger partial charge in [0, 0.05) is 24.0 Å². The SMILES string of the molecule is CN(C)CCNC=CCS(=O)(=O)c1cc2cc(P(=O)(O)O)c(=O)[nH]c2cc1Cl. The summed E-state index contributed by atoms with van der Waals surface area (Å²) in [5, 5.41) is 2.28. The molecule has 0 aliphatic heterocycles. The van der Waals surface area contributed by atoms with Crippen LogP contribution >= 0.6 is 19.2 Å². The summed E-state index contributed by atoms with van der Waals surface area (Å²) in [5.74, 6) is -0.318. The maximum absolute atomic E-state index is 12.6. The molecule has 0 fully saturated rings. The molecule has 9 nitrogen and oxygen atoms in total. The van der Waals surface area contributed by atoms with E-state index in [4.69, 9.17) is 11.6 Å². The molecule has 154 valence electrons. The van der Waals surface area contributed by atoms with E-state index in [0.717, 1.165) is 12.6 Å². The van der Waals surface area contributed by atoms with Crippen molar-refractivity contribution in [3.8, 4) is 0 Å². The summed E-state index contributed by atoms with van der Waals surface area (Å²) in [7, 11) is -4.77. The molecule has 0 aliphatic rings. The van der Waals surface area contributed by atoms with E-state index in [1.54, 1.807) is 6.20 Å². The highest BCUT2D eigenvalue weighted by Gasteiger charge is 2.24. The third-order valence-electron chi connectivity index (χ3n) is 3.78. The number of nitrogens with one attached hydrogen (secondary N) is 2. The van der Waals surface area contributed by atoms with Crippen LogP contribution in [0.2, 0.25) is 5.02 Å². The number of H-pyrrole nitrogens is 1. The van der Waals surface area contributed by atoms with E-state index in [-0.39, 0.29) is 26.6 Å². The second kappa shape index (κ2) is 8.77. The van der Waals surface area contributed by atoms with Gasteiger partial charge in [-0.15, -0.1) is 0 Å². The number of likely N-dealkylation sites (N-methyl/N-ethyl adjacent to an activating group) is 1. The van der Waals surface area contributed by atoms with Gasteiger partial charge in [-0.2, -0.15) is 0 Å². The van der Waals surface area contributed by atoms with Crippen molar-refractivity contribution in [2.24, 2.45) is 0 Å². The Morgan fingerprint density at radius 2 is 1.96 bits per heavy atom. The molecular formula is C16H21ClN3O6PS. The molecule has 0 unspecified atom stereocenters. The summed E-state index contributed by atoms with van der Waals surface area (Å²) in [6.45, 7) is 1.44. The van der Waals surface area contributed by atoms with Crippen LogP contribution in [0.5, 0.6) is 0 Å². The van der Waals surface area contributed by atoms with Crippen molar-refractivity contribution in [2.75, 3.05) is 32.9 Å². The lowest BCUT2D eigenvalue weighted by atomic mass is 10.2. The first-order valence-electron chi connectivity index (χ1n) is 8.10. The van der Waals surface area contributed by atoms with Crippen molar-refractivity contribution >= 4 is 45.2 Å². The van der Waals surface area contributed by atoms with Crippen LogP contribution in [0.1, 0.15) is 0 Å². The van der Waals surface area contributed by atoms with E-state index in [2.05, 4.69) is 10.3 Å². The largest absolute Gasteiger partial charge is 0.390 e. The van der Waals surface area contributed by atoms with Crippen molar-refractivity contribution in [1.29, 1.82) is 0 Å². The average Bonchev–Trinajstić information content (AvgIpc) is 2.55. The zero-order chi connectivity index (χ0) is 21.1. The molecule has 4 N–H and O–H groups in total. The van der Waals surface area contributed by atoms with Gasteiger partial charge in [-0.05, 0) is 38.5 Å². The maximum atomic E-state index is 12.6. The molecule has 28 heavy (non-hydrogen) atoms. The smallest absolute Gasteiger partial charge is 0.361 e. The first-order valence-corrected chi connectivity index (χ1v) is 11.7. The Kier molecular flexibility index (Phi) is 7.08. The predicted octanol–water partition coefficient (Wildman–Crippen LogP) is 0.423. The standard InChI is InChI=1S/C16H21ClN3O6PS/c1-20(2)6-5-18-4-3-7-28(25,26)15-9-11-8-14(27(22,23)24)16(21)19-13(11)10-12(15)17/h3-4,8-10,18H,5-7H2,1-2H3,(H,19,21)(H2,22,23,24). The zero-order valence-electron chi connectivity index (χ0n) is 15.2. The number of halogens is 1. The highest BCUT2D eigenvalue weighted by Crippen LogP contribution is 2.33. The summed E-state index contributed by atoms with van der Waals surface area (Å²) in [5.41, 5.74) is -0.786. The van der Waals surface area contributed by atoms with Gasteiger partial charge in [0.25, 0.3) is 5.56 Å². The van der Waals surface area contributed by atoms with Crippen LogP contribution in [0.15, 0.2) is 40.2 Å². The third kappa shape index (κ3) is 5.66. The van der Waals surface area contributed by atoms with Gasteiger partial charge in [0.1, 0.15) is 5.30 Å². The minimum atomic E-state index is -4.81. The highest BCUT2D eigenvalue weighted by molar-refractivity contribution is 7.91. The molecular weight excluding hydrogens is 429 g/mol. The Hall–Kier alpha value is -1.68. The van der Waals surface area contributed by atoms with Crippen LogP contribution in [0, 0.1) is 0 Å². The highest BCUT2D eigenvalue weighted by atomic mass is 35.5. The number of rotatable bonds is 8. The van der Waals surface area contributed by atoms with Gasteiger partial charge in [0.05, 0.1) is 15.7 Å². The van der Waals surface area contributed by atoms with Crippen LogP contribution in [-0.4, -0.2) is 61.0 Å². The molecule has 0 bridgehead atoms. The normalized spacial score (nSPS) is 12.9. The Labute approximate surface area is 167 Å². The van der Waals surface area contributed by atoms with Gasteiger partial charge in [-0.1, -0.05) is 17.7 Å². The number of hydrogen-bond acceptors (Lipinski definition) is 6. The lowest BCUT2D eigenvalue weighted by molar-refractivity contribution is 0.387. The Morgan fingerprint density at radius 1 is 1.29 bits per heavy atom. The van der Waals surface area contributed by atoms with Gasteiger partial charge in [0.15, 0.2) is 9.84 Å². The first kappa shape index (κ1) is 22.6. The van der Waals surface area contributed by atoms with E-state index in [9.17, 15) is 27.6 Å². The van der Waals surface area contributed by atoms with Gasteiger partial charge in [0.2, 0.25) is 0 Å². The molecule has 1 heterocycles. The van der Waals surface area contributed by atoms with Crippen LogP contribution in [0.4, 0.5) is 0 Å². The fraction of sp³-hybridized carbons (Fsp3) is 0.312. The lowest BCUT2D eigenvalue weighted by Crippen LogP contribution is -2.26. The number of fused-ring (bicyclic) bond motifs is 1. The molecule has 2 aromatic rings. The van der Waals surface area contributed by atoms with Crippen LogP contribution in [0.25, 0.3) is 10.9 Å². The topological polar surface area (TPSA) is 140 Å². The van der Waals surface area contributed by atoms with Gasteiger partial charge < -0.3 is 25.0 Å². The number of nitrogens with zero attached hydrogens (tertiary/aromatic N) is 1. The fourth-order valence-electron chi connectivity index (χ4n) is 2.37.